The van der Waals surface area contributed by atoms with E-state index < -0.39 is 9.84 Å². The van der Waals surface area contributed by atoms with E-state index in [4.69, 9.17) is 10.5 Å². The predicted molar refractivity (Wildman–Crippen MR) is 78.1 cm³/mol. The van der Waals surface area contributed by atoms with Crippen LogP contribution >= 0.6 is 0 Å². The number of carbonyl (C=O) groups is 1. The molecule has 1 rings (SSSR count). The molecule has 1 aromatic carbocycles. The van der Waals surface area contributed by atoms with E-state index in [2.05, 4.69) is 5.32 Å². The summed E-state index contributed by atoms with van der Waals surface area (Å²) in [6.07, 6.45) is -0.0784. The lowest BCUT2D eigenvalue weighted by molar-refractivity contribution is -0.115. The van der Waals surface area contributed by atoms with Crippen molar-refractivity contribution in [2.45, 2.75) is 13.0 Å². The summed E-state index contributed by atoms with van der Waals surface area (Å²) in [5, 5.41) is 2.68. The molecule has 0 aliphatic rings. The summed E-state index contributed by atoms with van der Waals surface area (Å²) in [5.41, 5.74) is 6.99. The second-order valence-corrected chi connectivity index (χ2v) is 6.61. The summed E-state index contributed by atoms with van der Waals surface area (Å²) >= 11 is 0. The van der Waals surface area contributed by atoms with Crippen LogP contribution < -0.4 is 11.1 Å². The van der Waals surface area contributed by atoms with Crippen LogP contribution in [0.15, 0.2) is 24.3 Å². The first-order valence-electron chi connectivity index (χ1n) is 6.25. The Balaban J connectivity index is 2.52. The van der Waals surface area contributed by atoms with Crippen molar-refractivity contribution in [2.75, 3.05) is 30.5 Å². The van der Waals surface area contributed by atoms with Crippen molar-refractivity contribution in [3.05, 3.63) is 29.8 Å². The van der Waals surface area contributed by atoms with Gasteiger partial charge in [0.25, 0.3) is 0 Å². The number of nitrogens with two attached hydrogens (primary N) is 1. The largest absolute Gasteiger partial charge is 0.384 e. The van der Waals surface area contributed by atoms with Gasteiger partial charge in [0.1, 0.15) is 0 Å². The highest BCUT2D eigenvalue weighted by Gasteiger charge is 2.14. The van der Waals surface area contributed by atoms with E-state index in [9.17, 15) is 13.2 Å². The third kappa shape index (κ3) is 5.68. The molecule has 7 heteroatoms. The number of anilines is 1. The molecule has 0 aliphatic heterocycles. The van der Waals surface area contributed by atoms with E-state index in [0.29, 0.717) is 12.2 Å². The third-order valence-corrected chi connectivity index (χ3v) is 4.36. The van der Waals surface area contributed by atoms with Crippen LogP contribution in [0.3, 0.4) is 0 Å². The number of para-hydroxylation sites is 1. The lowest BCUT2D eigenvalue weighted by Gasteiger charge is -2.09. The monoisotopic (exact) mass is 300 g/mol. The van der Waals surface area contributed by atoms with E-state index >= 15 is 0 Å². The van der Waals surface area contributed by atoms with Gasteiger partial charge in [-0.05, 0) is 11.6 Å². The fourth-order valence-corrected chi connectivity index (χ4v) is 2.71. The number of hydrogen-bond donors (Lipinski definition) is 2. The molecule has 1 aromatic rings. The molecule has 0 aliphatic carbocycles. The molecule has 3 N–H and O–H groups in total. The molecule has 0 heterocycles. The Hall–Kier alpha value is -1.44. The van der Waals surface area contributed by atoms with Crippen molar-refractivity contribution >= 4 is 21.4 Å². The molecule has 0 spiro atoms. The topological polar surface area (TPSA) is 98.5 Å². The number of rotatable bonds is 8. The first kappa shape index (κ1) is 16.6. The zero-order valence-electron chi connectivity index (χ0n) is 11.5. The maximum atomic E-state index is 11.8. The van der Waals surface area contributed by atoms with Crippen molar-refractivity contribution in [2.24, 2.45) is 5.73 Å². The first-order valence-corrected chi connectivity index (χ1v) is 8.08. The van der Waals surface area contributed by atoms with Gasteiger partial charge in [-0.25, -0.2) is 8.42 Å². The molecule has 0 unspecified atom stereocenters. The molecule has 0 radical (unpaired) electrons. The molecule has 6 nitrogen and oxygen atoms in total. The number of hydrogen-bond acceptors (Lipinski definition) is 5. The Kier molecular flexibility index (Phi) is 6.63. The lowest BCUT2D eigenvalue weighted by Crippen LogP contribution is -2.21. The summed E-state index contributed by atoms with van der Waals surface area (Å²) in [7, 11) is -1.82. The number of methoxy groups -OCH3 is 1. The molecule has 0 aromatic heterocycles. The van der Waals surface area contributed by atoms with Crippen LogP contribution in [0.4, 0.5) is 5.69 Å². The van der Waals surface area contributed by atoms with Gasteiger partial charge < -0.3 is 15.8 Å². The van der Waals surface area contributed by atoms with Gasteiger partial charge in [-0.15, -0.1) is 0 Å². The average molecular weight is 300 g/mol. The molecule has 0 saturated carbocycles. The Morgan fingerprint density at radius 2 is 2.00 bits per heavy atom. The van der Waals surface area contributed by atoms with Crippen LogP contribution in [0, 0.1) is 0 Å². The Morgan fingerprint density at radius 1 is 1.30 bits per heavy atom. The summed E-state index contributed by atoms with van der Waals surface area (Å²) in [6, 6.07) is 7.15. The SMILES string of the molecule is COCCS(=O)(=O)CCC(=O)Nc1ccccc1CN. The second-order valence-electron chi connectivity index (χ2n) is 4.30. The number of carbonyl (C=O) groups excluding carboxylic acids is 1. The number of sulfone groups is 1. The zero-order valence-corrected chi connectivity index (χ0v) is 12.3. The molecule has 0 fully saturated rings. The first-order chi connectivity index (χ1) is 9.48. The Morgan fingerprint density at radius 3 is 2.65 bits per heavy atom. The molecule has 0 saturated heterocycles. The van der Waals surface area contributed by atoms with Gasteiger partial charge in [-0.3, -0.25) is 4.79 Å². The van der Waals surface area contributed by atoms with Gasteiger partial charge in [0.15, 0.2) is 9.84 Å². The fraction of sp³-hybridized carbons (Fsp3) is 0.462. The fourth-order valence-electron chi connectivity index (χ4n) is 1.59. The smallest absolute Gasteiger partial charge is 0.225 e. The standard InChI is InChI=1S/C13H20N2O4S/c1-19-7-9-20(17,18)8-6-13(16)15-12-5-3-2-4-11(12)10-14/h2-5H,6-10,14H2,1H3,(H,15,16). The predicted octanol–water partition coefficient (Wildman–Crippen LogP) is 0.535. The maximum absolute atomic E-state index is 11.8. The summed E-state index contributed by atoms with van der Waals surface area (Å²) in [6.45, 7) is 0.447. The third-order valence-electron chi connectivity index (χ3n) is 2.75. The molecular weight excluding hydrogens is 280 g/mol. The number of nitrogens with one attached hydrogen (secondary N) is 1. The van der Waals surface area contributed by atoms with Gasteiger partial charge in [0.2, 0.25) is 5.91 Å². The minimum atomic E-state index is -3.26. The van der Waals surface area contributed by atoms with Gasteiger partial charge in [0, 0.05) is 25.8 Å². The summed E-state index contributed by atoms with van der Waals surface area (Å²) < 4.78 is 27.9. The molecule has 1 amide bonds. The van der Waals surface area contributed by atoms with E-state index in [0.717, 1.165) is 5.56 Å². The molecule has 20 heavy (non-hydrogen) atoms. The van der Waals surface area contributed by atoms with Gasteiger partial charge >= 0.3 is 0 Å². The van der Waals surface area contributed by atoms with Crippen molar-refractivity contribution in [3.8, 4) is 0 Å². The van der Waals surface area contributed by atoms with E-state index in [1.807, 2.05) is 12.1 Å². The van der Waals surface area contributed by atoms with Crippen LogP contribution in [-0.2, 0) is 25.9 Å². The Labute approximate surface area is 119 Å². The highest BCUT2D eigenvalue weighted by molar-refractivity contribution is 7.91. The van der Waals surface area contributed by atoms with Gasteiger partial charge in [0.05, 0.1) is 18.1 Å². The van der Waals surface area contributed by atoms with Crippen LogP contribution in [-0.4, -0.2) is 39.5 Å². The highest BCUT2D eigenvalue weighted by atomic mass is 32.2. The van der Waals surface area contributed by atoms with Crippen LogP contribution in [0.2, 0.25) is 0 Å². The van der Waals surface area contributed by atoms with Crippen molar-refractivity contribution in [1.29, 1.82) is 0 Å². The van der Waals surface area contributed by atoms with Crippen LogP contribution in [0.1, 0.15) is 12.0 Å². The number of amides is 1. The number of benzene rings is 1. The highest BCUT2D eigenvalue weighted by Crippen LogP contribution is 2.14. The van der Waals surface area contributed by atoms with Gasteiger partial charge in [-0.2, -0.15) is 0 Å². The van der Waals surface area contributed by atoms with Crippen LogP contribution in [0.25, 0.3) is 0 Å². The van der Waals surface area contributed by atoms with E-state index in [1.165, 1.54) is 7.11 Å². The van der Waals surface area contributed by atoms with Crippen molar-refractivity contribution in [1.82, 2.24) is 0 Å². The minimum absolute atomic E-state index is 0.0732. The quantitative estimate of drug-likeness (QED) is 0.730. The lowest BCUT2D eigenvalue weighted by atomic mass is 10.2. The maximum Gasteiger partial charge on any atom is 0.225 e. The van der Waals surface area contributed by atoms with E-state index in [1.54, 1.807) is 12.1 Å². The molecule has 0 atom stereocenters. The van der Waals surface area contributed by atoms with Crippen LogP contribution in [0.5, 0.6) is 0 Å². The average Bonchev–Trinajstić information content (AvgIpc) is 2.44. The summed E-state index contributed by atoms with van der Waals surface area (Å²) in [4.78, 5) is 11.8. The normalized spacial score (nSPS) is 11.3. The van der Waals surface area contributed by atoms with Crippen molar-refractivity contribution in [3.63, 3.8) is 0 Å². The number of ether oxygens (including phenoxy) is 1. The van der Waals surface area contributed by atoms with Gasteiger partial charge in [-0.1, -0.05) is 18.2 Å². The second kappa shape index (κ2) is 7.98. The van der Waals surface area contributed by atoms with Crippen molar-refractivity contribution < 1.29 is 17.9 Å². The molecule has 112 valence electrons. The van der Waals surface area contributed by atoms with E-state index in [-0.39, 0.29) is 30.4 Å². The zero-order chi connectivity index (χ0) is 15.0. The molecular formula is C13H20N2O4S. The minimum Gasteiger partial charge on any atom is -0.384 e. The molecule has 0 bridgehead atoms. The summed E-state index contributed by atoms with van der Waals surface area (Å²) in [5.74, 6) is -0.602. The Bertz CT molecular complexity index is 543.